The minimum Gasteiger partial charge on any atom is -0.496 e. The van der Waals surface area contributed by atoms with E-state index in [9.17, 15) is 0 Å². The van der Waals surface area contributed by atoms with Crippen LogP contribution in [0.2, 0.25) is 0 Å². The van der Waals surface area contributed by atoms with Crippen LogP contribution in [0.1, 0.15) is 36.8 Å². The number of hydrogen-bond acceptors (Lipinski definition) is 3. The summed E-state index contributed by atoms with van der Waals surface area (Å²) in [5.41, 5.74) is 9.69. The van der Waals surface area contributed by atoms with E-state index in [2.05, 4.69) is 40.9 Å². The van der Waals surface area contributed by atoms with Gasteiger partial charge in [-0.05, 0) is 31.5 Å². The van der Waals surface area contributed by atoms with E-state index in [0.717, 1.165) is 40.9 Å². The lowest BCUT2D eigenvalue weighted by atomic mass is 10.0. The van der Waals surface area contributed by atoms with Crippen LogP contribution in [0.5, 0.6) is 5.75 Å². The Balaban J connectivity index is 2.25. The molecule has 0 amide bonds. The number of aromatic nitrogens is 2. The molecule has 114 valence electrons. The lowest BCUT2D eigenvalue weighted by Gasteiger charge is -2.16. The van der Waals surface area contributed by atoms with Gasteiger partial charge in [-0.3, -0.25) is 4.68 Å². The van der Waals surface area contributed by atoms with Crippen molar-refractivity contribution in [3.8, 4) is 5.75 Å². The first-order valence-corrected chi connectivity index (χ1v) is 8.02. The largest absolute Gasteiger partial charge is 0.496 e. The maximum Gasteiger partial charge on any atom is 0.124 e. The monoisotopic (exact) mass is 351 g/mol. The summed E-state index contributed by atoms with van der Waals surface area (Å²) >= 11 is 3.45. The van der Waals surface area contributed by atoms with Crippen molar-refractivity contribution < 1.29 is 4.74 Å². The first-order chi connectivity index (χ1) is 10.1. The maximum absolute atomic E-state index is 6.39. The number of aryl methyl sites for hydroxylation is 2. The lowest BCUT2D eigenvalue weighted by Crippen LogP contribution is -2.17. The first-order valence-electron chi connectivity index (χ1n) is 7.23. The Morgan fingerprint density at radius 2 is 2.10 bits per heavy atom. The zero-order chi connectivity index (χ0) is 15.4. The van der Waals surface area contributed by atoms with Crippen LogP contribution in [0.15, 0.2) is 28.7 Å². The zero-order valence-electron chi connectivity index (χ0n) is 12.8. The highest BCUT2D eigenvalue weighted by atomic mass is 79.9. The molecule has 21 heavy (non-hydrogen) atoms. The third-order valence-corrected chi connectivity index (χ3v) is 4.09. The van der Waals surface area contributed by atoms with Gasteiger partial charge in [0, 0.05) is 34.7 Å². The van der Waals surface area contributed by atoms with Gasteiger partial charge in [-0.25, -0.2) is 0 Å². The molecule has 1 aromatic carbocycles. The number of hydrogen-bond donors (Lipinski definition) is 1. The molecule has 0 fully saturated rings. The van der Waals surface area contributed by atoms with Crippen molar-refractivity contribution in [2.45, 2.75) is 39.3 Å². The molecule has 0 saturated heterocycles. The number of halogens is 1. The lowest BCUT2D eigenvalue weighted by molar-refractivity contribution is 0.404. The summed E-state index contributed by atoms with van der Waals surface area (Å²) in [7, 11) is 1.67. The number of rotatable bonds is 6. The Bertz CT molecular complexity index is 610. The zero-order valence-corrected chi connectivity index (χ0v) is 14.4. The fourth-order valence-electron chi connectivity index (χ4n) is 2.45. The molecule has 0 radical (unpaired) electrons. The van der Waals surface area contributed by atoms with Crippen LogP contribution in [0, 0.1) is 0 Å². The number of benzene rings is 1. The minimum absolute atomic E-state index is 0.111. The van der Waals surface area contributed by atoms with Gasteiger partial charge >= 0.3 is 0 Å². The molecule has 2 N–H and O–H groups in total. The standard InChI is InChI=1S/C16H22BrN3O/c1-4-12-9-13(20(5-2)19-12)10-15(18)14-7-6-11(17)8-16(14)21-3/h6-9,15H,4-5,10,18H2,1-3H3. The highest BCUT2D eigenvalue weighted by molar-refractivity contribution is 9.10. The van der Waals surface area contributed by atoms with E-state index in [4.69, 9.17) is 10.5 Å². The summed E-state index contributed by atoms with van der Waals surface area (Å²) < 4.78 is 8.46. The normalized spacial score (nSPS) is 12.4. The molecule has 2 aromatic rings. The predicted molar refractivity (Wildman–Crippen MR) is 88.6 cm³/mol. The van der Waals surface area contributed by atoms with Gasteiger partial charge in [0.1, 0.15) is 5.75 Å². The molecule has 2 rings (SSSR count). The molecule has 5 heteroatoms. The van der Waals surface area contributed by atoms with Gasteiger partial charge < -0.3 is 10.5 Å². The van der Waals surface area contributed by atoms with E-state index < -0.39 is 0 Å². The van der Waals surface area contributed by atoms with Crippen molar-refractivity contribution >= 4 is 15.9 Å². The first kappa shape index (κ1) is 16.0. The predicted octanol–water partition coefficient (Wildman–Crippen LogP) is 3.48. The summed E-state index contributed by atoms with van der Waals surface area (Å²) in [5.74, 6) is 0.815. The van der Waals surface area contributed by atoms with Crippen LogP contribution in [0.3, 0.4) is 0 Å². The van der Waals surface area contributed by atoms with E-state index in [1.54, 1.807) is 7.11 Å². The molecule has 1 atom stereocenters. The van der Waals surface area contributed by atoms with Gasteiger partial charge in [-0.15, -0.1) is 0 Å². The summed E-state index contributed by atoms with van der Waals surface area (Å²) in [6.45, 7) is 5.07. The Labute approximate surface area is 134 Å². The minimum atomic E-state index is -0.111. The molecule has 1 heterocycles. The van der Waals surface area contributed by atoms with Crippen LogP contribution >= 0.6 is 15.9 Å². The van der Waals surface area contributed by atoms with Gasteiger partial charge in [0.05, 0.1) is 12.8 Å². The quantitative estimate of drug-likeness (QED) is 0.866. The summed E-state index contributed by atoms with van der Waals surface area (Å²) in [6.07, 6.45) is 1.69. The second-order valence-corrected chi connectivity index (χ2v) is 5.91. The fourth-order valence-corrected chi connectivity index (χ4v) is 2.79. The van der Waals surface area contributed by atoms with Gasteiger partial charge in [-0.2, -0.15) is 5.10 Å². The number of nitrogens with two attached hydrogens (primary N) is 1. The van der Waals surface area contributed by atoms with E-state index in [0.29, 0.717) is 0 Å². The highest BCUT2D eigenvalue weighted by Crippen LogP contribution is 2.29. The molecule has 0 aliphatic carbocycles. The molecule has 0 spiro atoms. The second kappa shape index (κ2) is 7.09. The van der Waals surface area contributed by atoms with Gasteiger partial charge in [0.25, 0.3) is 0 Å². The maximum atomic E-state index is 6.39. The molecule has 0 saturated carbocycles. The van der Waals surface area contributed by atoms with Crippen molar-refractivity contribution in [1.29, 1.82) is 0 Å². The summed E-state index contributed by atoms with van der Waals surface area (Å²) in [4.78, 5) is 0. The Morgan fingerprint density at radius 3 is 2.71 bits per heavy atom. The number of methoxy groups -OCH3 is 1. The Hall–Kier alpha value is -1.33. The van der Waals surface area contributed by atoms with Crippen LogP contribution in [-0.4, -0.2) is 16.9 Å². The Kier molecular flexibility index (Phi) is 5.42. The smallest absolute Gasteiger partial charge is 0.124 e. The third kappa shape index (κ3) is 3.66. The molecule has 1 aromatic heterocycles. The van der Waals surface area contributed by atoms with Gasteiger partial charge in [0.15, 0.2) is 0 Å². The van der Waals surface area contributed by atoms with Crippen LogP contribution in [0.4, 0.5) is 0 Å². The molecule has 4 nitrogen and oxygen atoms in total. The van der Waals surface area contributed by atoms with Gasteiger partial charge in [-0.1, -0.05) is 28.9 Å². The molecule has 1 unspecified atom stereocenters. The van der Waals surface area contributed by atoms with Crippen LogP contribution in [0.25, 0.3) is 0 Å². The molecular formula is C16H22BrN3O. The number of ether oxygens (including phenoxy) is 1. The van der Waals surface area contributed by atoms with Gasteiger partial charge in [0.2, 0.25) is 0 Å². The molecular weight excluding hydrogens is 330 g/mol. The average molecular weight is 352 g/mol. The molecule has 0 aliphatic rings. The highest BCUT2D eigenvalue weighted by Gasteiger charge is 2.16. The molecule has 0 aliphatic heterocycles. The topological polar surface area (TPSA) is 53.1 Å². The van der Waals surface area contributed by atoms with Crippen molar-refractivity contribution in [3.05, 3.63) is 45.7 Å². The summed E-state index contributed by atoms with van der Waals surface area (Å²) in [5, 5.41) is 4.57. The van der Waals surface area contributed by atoms with Crippen LogP contribution in [-0.2, 0) is 19.4 Å². The summed E-state index contributed by atoms with van der Waals surface area (Å²) in [6, 6.07) is 7.99. The van der Waals surface area contributed by atoms with E-state index >= 15 is 0 Å². The van der Waals surface area contributed by atoms with Crippen molar-refractivity contribution in [2.75, 3.05) is 7.11 Å². The Morgan fingerprint density at radius 1 is 1.33 bits per heavy atom. The van der Waals surface area contributed by atoms with Crippen molar-refractivity contribution in [1.82, 2.24) is 9.78 Å². The second-order valence-electron chi connectivity index (χ2n) is 4.99. The number of nitrogens with zero attached hydrogens (tertiary/aromatic N) is 2. The van der Waals surface area contributed by atoms with E-state index in [1.807, 2.05) is 22.9 Å². The SMILES string of the molecule is CCc1cc(CC(N)c2ccc(Br)cc2OC)n(CC)n1. The fraction of sp³-hybridized carbons (Fsp3) is 0.438. The van der Waals surface area contributed by atoms with Crippen molar-refractivity contribution in [2.24, 2.45) is 5.73 Å². The average Bonchev–Trinajstić information content (AvgIpc) is 2.89. The van der Waals surface area contributed by atoms with Crippen molar-refractivity contribution in [3.63, 3.8) is 0 Å². The molecule has 0 bridgehead atoms. The third-order valence-electron chi connectivity index (χ3n) is 3.60. The van der Waals surface area contributed by atoms with E-state index in [-0.39, 0.29) is 6.04 Å². The van der Waals surface area contributed by atoms with Crippen LogP contribution < -0.4 is 10.5 Å². The van der Waals surface area contributed by atoms with E-state index in [1.165, 1.54) is 5.69 Å².